The van der Waals surface area contributed by atoms with Crippen molar-refractivity contribution in [2.75, 3.05) is 0 Å². The first-order valence-electron chi connectivity index (χ1n) is 4.18. The zero-order chi connectivity index (χ0) is 9.97. The summed E-state index contributed by atoms with van der Waals surface area (Å²) < 4.78 is 14.5. The molecule has 0 aliphatic rings. The molecule has 2 nitrogen and oxygen atoms in total. The third-order valence-electron chi connectivity index (χ3n) is 2.03. The number of nitrogens with zero attached hydrogens (tertiary/aromatic N) is 2. The predicted octanol–water partition coefficient (Wildman–Crippen LogP) is 3.06. The van der Waals surface area contributed by atoms with E-state index in [0.717, 1.165) is 11.4 Å². The van der Waals surface area contributed by atoms with Gasteiger partial charge in [0.15, 0.2) is 0 Å². The van der Waals surface area contributed by atoms with Crippen molar-refractivity contribution in [2.45, 2.75) is 4.90 Å². The van der Waals surface area contributed by atoms with Gasteiger partial charge in [-0.3, -0.25) is 0 Å². The van der Waals surface area contributed by atoms with E-state index >= 15 is 0 Å². The van der Waals surface area contributed by atoms with Crippen LogP contribution in [0.3, 0.4) is 0 Å². The number of hydrogen-bond donors (Lipinski definition) is 0. The summed E-state index contributed by atoms with van der Waals surface area (Å²) in [6.45, 7) is 0. The van der Waals surface area contributed by atoms with Gasteiger partial charge in [-0.1, -0.05) is 18.2 Å². The molecule has 0 bridgehead atoms. The van der Waals surface area contributed by atoms with Gasteiger partial charge in [-0.2, -0.15) is 3.89 Å². The van der Waals surface area contributed by atoms with E-state index in [0.29, 0.717) is 4.90 Å². The molecule has 0 saturated heterocycles. The molecule has 14 heavy (non-hydrogen) atoms. The zero-order valence-corrected chi connectivity index (χ0v) is 8.46. The minimum Gasteiger partial charge on any atom is -0.334 e. The van der Waals surface area contributed by atoms with E-state index in [1.165, 1.54) is 0 Å². The molecular weight excluding hydrogens is 199 g/mol. The predicted molar refractivity (Wildman–Crippen MR) is 55.6 cm³/mol. The summed E-state index contributed by atoms with van der Waals surface area (Å²) in [6.07, 6.45) is 3.55. The Morgan fingerprint density at radius 3 is 2.79 bits per heavy atom. The maximum absolute atomic E-state index is 12.6. The van der Waals surface area contributed by atoms with Crippen LogP contribution < -0.4 is 0 Å². The maximum atomic E-state index is 12.6. The van der Waals surface area contributed by atoms with Crippen molar-refractivity contribution >= 4 is 12.1 Å². The minimum atomic E-state index is 0.249. The van der Waals surface area contributed by atoms with Crippen LogP contribution in [-0.4, -0.2) is 9.55 Å². The van der Waals surface area contributed by atoms with Gasteiger partial charge in [0.2, 0.25) is 0 Å². The summed E-state index contributed by atoms with van der Waals surface area (Å²) in [5.74, 6) is 0.783. The molecule has 4 heteroatoms. The second kappa shape index (κ2) is 3.84. The lowest BCUT2D eigenvalue weighted by Gasteiger charge is -2.04. The second-order valence-electron chi connectivity index (χ2n) is 2.94. The van der Waals surface area contributed by atoms with E-state index in [1.807, 2.05) is 36.0 Å². The van der Waals surface area contributed by atoms with Crippen LogP contribution in [0.25, 0.3) is 11.4 Å². The van der Waals surface area contributed by atoms with Crippen LogP contribution in [0.5, 0.6) is 0 Å². The molecule has 0 radical (unpaired) electrons. The van der Waals surface area contributed by atoms with E-state index in [2.05, 4.69) is 4.98 Å². The highest BCUT2D eigenvalue weighted by Gasteiger charge is 2.08. The van der Waals surface area contributed by atoms with Gasteiger partial charge in [0.1, 0.15) is 5.82 Å². The van der Waals surface area contributed by atoms with Crippen LogP contribution in [0.1, 0.15) is 0 Å². The first-order chi connectivity index (χ1) is 6.83. The Kier molecular flexibility index (Phi) is 2.54. The van der Waals surface area contributed by atoms with Crippen molar-refractivity contribution < 1.29 is 3.89 Å². The average Bonchev–Trinajstić information content (AvgIpc) is 2.64. The smallest absolute Gasteiger partial charge is 0.140 e. The lowest BCUT2D eigenvalue weighted by Crippen LogP contribution is -1.92. The Morgan fingerprint density at radius 1 is 1.36 bits per heavy atom. The number of halogens is 1. The van der Waals surface area contributed by atoms with Gasteiger partial charge in [-0.05, 0) is 6.07 Å². The summed E-state index contributed by atoms with van der Waals surface area (Å²) >= 11 is 0.249. The molecule has 2 aromatic rings. The standard InChI is InChI=1S/C10H9FN2S/c1-13-7-6-12-10(13)8-4-2-3-5-9(8)14-11/h2-7H,1H3. The number of rotatable bonds is 2. The Balaban J connectivity index is 2.56. The number of hydrogen-bond acceptors (Lipinski definition) is 2. The van der Waals surface area contributed by atoms with Crippen LogP contribution in [0.15, 0.2) is 41.6 Å². The van der Waals surface area contributed by atoms with E-state index in [1.54, 1.807) is 12.3 Å². The lowest BCUT2D eigenvalue weighted by atomic mass is 10.2. The quantitative estimate of drug-likeness (QED) is 0.754. The van der Waals surface area contributed by atoms with E-state index < -0.39 is 0 Å². The Morgan fingerprint density at radius 2 is 2.14 bits per heavy atom. The molecule has 0 spiro atoms. The van der Waals surface area contributed by atoms with Gasteiger partial charge < -0.3 is 4.57 Å². The molecule has 1 aromatic carbocycles. The average molecular weight is 208 g/mol. The fraction of sp³-hybridized carbons (Fsp3) is 0.100. The molecule has 1 aromatic heterocycles. The number of aryl methyl sites for hydroxylation is 1. The van der Waals surface area contributed by atoms with Crippen molar-refractivity contribution in [3.63, 3.8) is 0 Å². The Bertz CT molecular complexity index is 439. The Labute approximate surface area is 86.1 Å². The topological polar surface area (TPSA) is 17.8 Å². The van der Waals surface area contributed by atoms with Crippen LogP contribution in [0, 0.1) is 0 Å². The van der Waals surface area contributed by atoms with Gasteiger partial charge >= 0.3 is 0 Å². The highest BCUT2D eigenvalue weighted by molar-refractivity contribution is 7.94. The second-order valence-corrected chi connectivity index (χ2v) is 3.53. The molecule has 72 valence electrons. The van der Waals surface area contributed by atoms with Crippen molar-refractivity contribution in [1.29, 1.82) is 0 Å². The number of imidazole rings is 1. The maximum Gasteiger partial charge on any atom is 0.140 e. The van der Waals surface area contributed by atoms with E-state index in [-0.39, 0.29) is 12.1 Å². The number of aromatic nitrogens is 2. The Hall–Kier alpha value is -1.29. The molecule has 0 saturated carbocycles. The van der Waals surface area contributed by atoms with Gasteiger partial charge in [-0.15, -0.1) is 0 Å². The van der Waals surface area contributed by atoms with E-state index in [9.17, 15) is 3.89 Å². The van der Waals surface area contributed by atoms with Gasteiger partial charge in [0.25, 0.3) is 0 Å². The van der Waals surface area contributed by atoms with Crippen LogP contribution in [0.4, 0.5) is 3.89 Å². The summed E-state index contributed by atoms with van der Waals surface area (Å²) in [7, 11) is 1.89. The molecule has 0 fully saturated rings. The van der Waals surface area contributed by atoms with Crippen LogP contribution in [0.2, 0.25) is 0 Å². The van der Waals surface area contributed by atoms with Crippen LogP contribution in [-0.2, 0) is 7.05 Å². The zero-order valence-electron chi connectivity index (χ0n) is 7.64. The van der Waals surface area contributed by atoms with Gasteiger partial charge in [0, 0.05) is 25.0 Å². The van der Waals surface area contributed by atoms with Crippen molar-refractivity contribution in [2.24, 2.45) is 7.05 Å². The molecule has 0 aliphatic heterocycles. The SMILES string of the molecule is Cn1ccnc1-c1ccccc1SF. The minimum absolute atomic E-state index is 0.249. The fourth-order valence-electron chi connectivity index (χ4n) is 1.34. The first-order valence-corrected chi connectivity index (χ1v) is 4.90. The molecule has 2 rings (SSSR count). The fourth-order valence-corrected chi connectivity index (χ4v) is 1.72. The van der Waals surface area contributed by atoms with Gasteiger partial charge in [0.05, 0.1) is 17.0 Å². The molecule has 0 amide bonds. The highest BCUT2D eigenvalue weighted by Crippen LogP contribution is 2.30. The monoisotopic (exact) mass is 208 g/mol. The first kappa shape index (κ1) is 9.27. The summed E-state index contributed by atoms with van der Waals surface area (Å²) in [5, 5.41) is 0. The summed E-state index contributed by atoms with van der Waals surface area (Å²) in [4.78, 5) is 4.78. The molecule has 1 heterocycles. The third-order valence-corrected chi connectivity index (χ3v) is 2.55. The van der Waals surface area contributed by atoms with Crippen molar-refractivity contribution in [1.82, 2.24) is 9.55 Å². The largest absolute Gasteiger partial charge is 0.334 e. The van der Waals surface area contributed by atoms with Gasteiger partial charge in [-0.25, -0.2) is 4.98 Å². The summed E-state index contributed by atoms with van der Waals surface area (Å²) in [6, 6.07) is 7.30. The molecular formula is C10H9FN2S. The van der Waals surface area contributed by atoms with Crippen LogP contribution >= 0.6 is 12.1 Å². The third kappa shape index (κ3) is 1.53. The molecule has 0 N–H and O–H groups in total. The molecule has 0 aliphatic carbocycles. The normalized spacial score (nSPS) is 10.4. The van der Waals surface area contributed by atoms with Crippen molar-refractivity contribution in [3.8, 4) is 11.4 Å². The van der Waals surface area contributed by atoms with E-state index in [4.69, 9.17) is 0 Å². The molecule has 0 atom stereocenters. The lowest BCUT2D eigenvalue weighted by molar-refractivity contribution is 0.914. The molecule has 0 unspecified atom stereocenters. The number of benzene rings is 1. The summed E-state index contributed by atoms with van der Waals surface area (Å²) in [5.41, 5.74) is 0.826. The highest BCUT2D eigenvalue weighted by atomic mass is 32.2. The van der Waals surface area contributed by atoms with Crippen molar-refractivity contribution in [3.05, 3.63) is 36.7 Å².